The van der Waals surface area contributed by atoms with Gasteiger partial charge in [0.05, 0.1) is 12.8 Å². The molecule has 0 aliphatic carbocycles. The van der Waals surface area contributed by atoms with Gasteiger partial charge in [-0.25, -0.2) is 4.79 Å². The van der Waals surface area contributed by atoms with Crippen LogP contribution in [0.4, 0.5) is 36.4 Å². The number of benzene rings is 1. The average molecular weight is 345 g/mol. The highest BCUT2D eigenvalue weighted by Crippen LogP contribution is 2.49. The first kappa shape index (κ1) is 18.8. The van der Waals surface area contributed by atoms with Gasteiger partial charge in [-0.2, -0.15) is 30.7 Å². The molecule has 128 valence electrons. The van der Waals surface area contributed by atoms with Crippen LogP contribution in [-0.2, 0) is 9.53 Å². The summed E-state index contributed by atoms with van der Waals surface area (Å²) in [5.74, 6) is -13.7. The van der Waals surface area contributed by atoms with Gasteiger partial charge in [-0.1, -0.05) is 18.2 Å². The lowest BCUT2D eigenvalue weighted by Gasteiger charge is -2.30. The Bertz CT molecular complexity index is 582. The monoisotopic (exact) mass is 345 g/mol. The minimum absolute atomic E-state index is 0.160. The third-order valence-corrected chi connectivity index (χ3v) is 2.60. The zero-order valence-electron chi connectivity index (χ0n) is 11.4. The van der Waals surface area contributed by atoms with Gasteiger partial charge < -0.3 is 10.1 Å². The van der Waals surface area contributed by atoms with E-state index in [0.717, 1.165) is 19.2 Å². The number of esters is 1. The summed E-state index contributed by atoms with van der Waals surface area (Å²) in [5.41, 5.74) is -2.17. The number of allylic oxidation sites excluding steroid dienone is 1. The fourth-order valence-electron chi connectivity index (χ4n) is 1.41. The molecule has 0 fully saturated rings. The van der Waals surface area contributed by atoms with Gasteiger partial charge in [-0.3, -0.25) is 0 Å². The molecule has 1 aromatic rings. The number of hydrogen-bond acceptors (Lipinski definition) is 3. The van der Waals surface area contributed by atoms with Gasteiger partial charge in [0.1, 0.15) is 0 Å². The van der Waals surface area contributed by atoms with Crippen molar-refractivity contribution in [2.75, 3.05) is 12.4 Å². The normalized spacial score (nSPS) is 13.7. The molecule has 0 aliphatic heterocycles. The number of carbonyl (C=O) groups is 1. The molecule has 0 spiro atoms. The number of ether oxygens (including phenoxy) is 1. The number of alkyl halides is 7. The first-order valence-electron chi connectivity index (χ1n) is 5.88. The fourth-order valence-corrected chi connectivity index (χ4v) is 1.41. The van der Waals surface area contributed by atoms with Crippen LogP contribution in [0.3, 0.4) is 0 Å². The maximum absolute atomic E-state index is 13.7. The molecule has 1 aromatic carbocycles. The molecule has 0 radical (unpaired) electrons. The lowest BCUT2D eigenvalue weighted by molar-refractivity contribution is -0.344. The zero-order chi connectivity index (χ0) is 17.9. The van der Waals surface area contributed by atoms with Crippen molar-refractivity contribution in [3.05, 3.63) is 42.1 Å². The molecule has 0 bridgehead atoms. The molecule has 0 amide bonds. The van der Waals surface area contributed by atoms with Crippen molar-refractivity contribution in [3.63, 3.8) is 0 Å². The van der Waals surface area contributed by atoms with E-state index in [4.69, 9.17) is 0 Å². The second-order valence-corrected chi connectivity index (χ2v) is 4.22. The number of rotatable bonds is 5. The average Bonchev–Trinajstić information content (AvgIpc) is 2.46. The molecule has 0 aromatic heterocycles. The maximum atomic E-state index is 13.7. The van der Waals surface area contributed by atoms with Crippen molar-refractivity contribution in [1.29, 1.82) is 0 Å². The van der Waals surface area contributed by atoms with Crippen molar-refractivity contribution >= 4 is 11.7 Å². The summed E-state index contributed by atoms with van der Waals surface area (Å²) in [6.07, 6.45) is -6.68. The Morgan fingerprint density at radius 3 is 2.00 bits per heavy atom. The molecule has 23 heavy (non-hydrogen) atoms. The molecule has 0 aliphatic rings. The third-order valence-electron chi connectivity index (χ3n) is 2.60. The van der Waals surface area contributed by atoms with Crippen LogP contribution in [0, 0.1) is 0 Å². The second kappa shape index (κ2) is 6.47. The molecule has 0 atom stereocenters. The van der Waals surface area contributed by atoms with Crippen molar-refractivity contribution in [3.8, 4) is 0 Å². The topological polar surface area (TPSA) is 38.3 Å². The van der Waals surface area contributed by atoms with E-state index in [0.29, 0.717) is 0 Å². The van der Waals surface area contributed by atoms with Crippen LogP contribution in [0.5, 0.6) is 0 Å². The molecule has 0 saturated carbocycles. The largest absolute Gasteiger partial charge is 0.466 e. The van der Waals surface area contributed by atoms with E-state index in [-0.39, 0.29) is 11.8 Å². The first-order valence-corrected chi connectivity index (χ1v) is 5.88. The summed E-state index contributed by atoms with van der Waals surface area (Å²) in [4.78, 5) is 11.0. The fraction of sp³-hybridized carbons (Fsp3) is 0.308. The molecule has 0 heterocycles. The molecule has 0 unspecified atom stereocenters. The van der Waals surface area contributed by atoms with E-state index >= 15 is 0 Å². The summed E-state index contributed by atoms with van der Waals surface area (Å²) < 4.78 is 94.4. The minimum Gasteiger partial charge on any atom is -0.466 e. The second-order valence-electron chi connectivity index (χ2n) is 4.22. The van der Waals surface area contributed by atoms with Gasteiger partial charge in [-0.05, 0) is 12.1 Å². The number of carbonyl (C=O) groups excluding carboxylic acids is 1. The Morgan fingerprint density at radius 1 is 1.04 bits per heavy atom. The predicted molar refractivity (Wildman–Crippen MR) is 66.1 cm³/mol. The van der Waals surface area contributed by atoms with E-state index in [2.05, 4.69) is 4.74 Å². The Kier molecular flexibility index (Phi) is 5.28. The van der Waals surface area contributed by atoms with Gasteiger partial charge in [-0.15, -0.1) is 0 Å². The van der Waals surface area contributed by atoms with Crippen LogP contribution < -0.4 is 5.32 Å². The van der Waals surface area contributed by atoms with E-state index in [1.165, 1.54) is 18.2 Å². The Balaban J connectivity index is 3.34. The molecular formula is C13H10F7NO2. The van der Waals surface area contributed by atoms with Gasteiger partial charge in [0.2, 0.25) is 0 Å². The molecule has 3 nitrogen and oxygen atoms in total. The highest BCUT2D eigenvalue weighted by molar-refractivity contribution is 5.83. The van der Waals surface area contributed by atoms with Crippen molar-refractivity contribution in [1.82, 2.24) is 0 Å². The summed E-state index contributed by atoms with van der Waals surface area (Å²) >= 11 is 0. The number of nitrogens with one attached hydrogen (secondary N) is 1. The first-order chi connectivity index (χ1) is 10.4. The van der Waals surface area contributed by atoms with Gasteiger partial charge >= 0.3 is 24.0 Å². The van der Waals surface area contributed by atoms with E-state index in [1.807, 2.05) is 0 Å². The number of halogens is 7. The Labute approximate surface area is 125 Å². The number of para-hydroxylation sites is 1. The number of methoxy groups -OCH3 is 1. The van der Waals surface area contributed by atoms with Crippen molar-refractivity contribution in [2.24, 2.45) is 0 Å². The Hall–Kier alpha value is -2.26. The van der Waals surface area contributed by atoms with Crippen LogP contribution in [0.1, 0.15) is 0 Å². The SMILES string of the molecule is COC(=O)/C=C(/Nc1ccccc1)C(F)(F)C(F)(F)C(F)(F)F. The van der Waals surface area contributed by atoms with E-state index in [1.54, 1.807) is 5.32 Å². The highest BCUT2D eigenvalue weighted by atomic mass is 19.4. The van der Waals surface area contributed by atoms with E-state index in [9.17, 15) is 35.5 Å². The molecule has 10 heteroatoms. The molecular weight excluding hydrogens is 335 g/mol. The van der Waals surface area contributed by atoms with Gasteiger partial charge in [0, 0.05) is 11.8 Å². The molecule has 1 N–H and O–H groups in total. The molecule has 1 rings (SSSR count). The summed E-state index contributed by atoms with van der Waals surface area (Å²) in [5, 5.41) is 1.69. The van der Waals surface area contributed by atoms with E-state index < -0.39 is 29.7 Å². The third kappa shape index (κ3) is 3.93. The Morgan fingerprint density at radius 2 is 1.57 bits per heavy atom. The smallest absolute Gasteiger partial charge is 0.460 e. The van der Waals surface area contributed by atoms with Gasteiger partial charge in [0.15, 0.2) is 0 Å². The van der Waals surface area contributed by atoms with Crippen LogP contribution in [0.2, 0.25) is 0 Å². The van der Waals surface area contributed by atoms with Crippen molar-refractivity contribution in [2.45, 2.75) is 18.0 Å². The van der Waals surface area contributed by atoms with Crippen LogP contribution >= 0.6 is 0 Å². The maximum Gasteiger partial charge on any atom is 0.460 e. The minimum atomic E-state index is -6.52. The van der Waals surface area contributed by atoms with Gasteiger partial charge in [0.25, 0.3) is 0 Å². The summed E-state index contributed by atoms with van der Waals surface area (Å²) in [6.45, 7) is 0. The quantitative estimate of drug-likeness (QED) is 0.498. The zero-order valence-corrected chi connectivity index (χ0v) is 11.4. The summed E-state index contributed by atoms with van der Waals surface area (Å²) in [7, 11) is 0.749. The van der Waals surface area contributed by atoms with Crippen molar-refractivity contribution < 1.29 is 40.3 Å². The predicted octanol–water partition coefficient (Wildman–Crippen LogP) is 3.99. The lowest BCUT2D eigenvalue weighted by atomic mass is 10.1. The lowest BCUT2D eigenvalue weighted by Crippen LogP contribution is -2.54. The standard InChI is InChI=1S/C13H10F7NO2/c1-23-10(22)7-9(21-8-5-3-2-4-6-8)11(14,15)12(16,17)13(18,19)20/h2-7,21H,1H3/b9-7+. The summed E-state index contributed by atoms with van der Waals surface area (Å²) in [6, 6.07) is 6.35. The number of hydrogen-bond donors (Lipinski definition) is 1. The van der Waals surface area contributed by atoms with Crippen LogP contribution in [0.15, 0.2) is 42.1 Å². The molecule has 0 saturated heterocycles. The highest BCUT2D eigenvalue weighted by Gasteiger charge is 2.74. The van der Waals surface area contributed by atoms with Crippen LogP contribution in [-0.4, -0.2) is 31.1 Å². The number of anilines is 1. The van der Waals surface area contributed by atoms with Crippen LogP contribution in [0.25, 0.3) is 0 Å².